The minimum absolute atomic E-state index is 0.120. The van der Waals surface area contributed by atoms with E-state index in [1.54, 1.807) is 18.2 Å². The van der Waals surface area contributed by atoms with Crippen LogP contribution in [-0.4, -0.2) is 43.5 Å². The molecule has 28 heavy (non-hydrogen) atoms. The first-order chi connectivity index (χ1) is 13.5. The number of anilines is 1. The van der Waals surface area contributed by atoms with E-state index in [9.17, 15) is 9.59 Å². The predicted molar refractivity (Wildman–Crippen MR) is 112 cm³/mol. The number of likely N-dealkylation sites (N-methyl/N-ethyl adjacent to an activating group) is 2. The van der Waals surface area contributed by atoms with E-state index in [4.69, 9.17) is 16.3 Å². The molecule has 7 heteroatoms. The lowest BCUT2D eigenvalue weighted by atomic mass is 10.0. The van der Waals surface area contributed by atoms with E-state index in [0.717, 1.165) is 5.56 Å². The van der Waals surface area contributed by atoms with Crippen molar-refractivity contribution in [2.24, 2.45) is 0 Å². The van der Waals surface area contributed by atoms with Gasteiger partial charge >= 0.3 is 0 Å². The van der Waals surface area contributed by atoms with Gasteiger partial charge < -0.3 is 15.4 Å². The van der Waals surface area contributed by atoms with Gasteiger partial charge in [-0.25, -0.2) is 0 Å². The molecule has 1 atom stereocenters. The van der Waals surface area contributed by atoms with Crippen LogP contribution in [0.25, 0.3) is 0 Å². The van der Waals surface area contributed by atoms with E-state index in [-0.39, 0.29) is 18.4 Å². The molecule has 0 spiro atoms. The minimum atomic E-state index is -0.616. The molecule has 6 nitrogen and oxygen atoms in total. The summed E-state index contributed by atoms with van der Waals surface area (Å²) in [4.78, 5) is 27.1. The topological polar surface area (TPSA) is 70.7 Å². The molecule has 0 aliphatic carbocycles. The predicted octanol–water partition coefficient (Wildman–Crippen LogP) is 3.49. The first kappa shape index (κ1) is 21.7. The Bertz CT molecular complexity index is 799. The van der Waals surface area contributed by atoms with Gasteiger partial charge in [0.25, 0.3) is 0 Å². The van der Waals surface area contributed by atoms with Crippen molar-refractivity contribution in [2.45, 2.75) is 19.9 Å². The van der Waals surface area contributed by atoms with Gasteiger partial charge in [-0.05, 0) is 37.2 Å². The largest absolute Gasteiger partial charge is 0.495 e. The van der Waals surface area contributed by atoms with Crippen LogP contribution in [0.1, 0.15) is 25.5 Å². The third-order valence-corrected chi connectivity index (χ3v) is 4.57. The van der Waals surface area contributed by atoms with E-state index in [1.807, 2.05) is 49.1 Å². The Labute approximate surface area is 170 Å². The summed E-state index contributed by atoms with van der Waals surface area (Å²) in [5, 5.41) is 6.09. The third kappa shape index (κ3) is 5.71. The number of amides is 2. The third-order valence-electron chi connectivity index (χ3n) is 4.27. The number of carbonyl (C=O) groups is 2. The van der Waals surface area contributed by atoms with E-state index in [2.05, 4.69) is 10.6 Å². The maximum Gasteiger partial charge on any atom is 0.246 e. The highest BCUT2D eigenvalue weighted by Crippen LogP contribution is 2.28. The van der Waals surface area contributed by atoms with E-state index in [1.165, 1.54) is 7.11 Å². The molecule has 0 aliphatic rings. The summed E-state index contributed by atoms with van der Waals surface area (Å²) in [6, 6.07) is 13.8. The molecule has 0 radical (unpaired) electrons. The first-order valence-electron chi connectivity index (χ1n) is 9.20. The van der Waals surface area contributed by atoms with Crippen LogP contribution in [0.15, 0.2) is 48.5 Å². The summed E-state index contributed by atoms with van der Waals surface area (Å²) in [6.45, 7) is 4.99. The summed E-state index contributed by atoms with van der Waals surface area (Å²) in [6.07, 6.45) is 0. The molecule has 2 aromatic rings. The highest BCUT2D eigenvalue weighted by molar-refractivity contribution is 6.32. The molecule has 2 amide bonds. The average molecular weight is 404 g/mol. The van der Waals surface area contributed by atoms with Gasteiger partial charge in [0.1, 0.15) is 11.8 Å². The van der Waals surface area contributed by atoms with Gasteiger partial charge in [0.15, 0.2) is 0 Å². The number of nitrogens with one attached hydrogen (secondary N) is 2. The molecule has 0 saturated carbocycles. The van der Waals surface area contributed by atoms with Crippen molar-refractivity contribution in [2.75, 3.05) is 32.1 Å². The van der Waals surface area contributed by atoms with Gasteiger partial charge in [0.05, 0.1) is 18.7 Å². The van der Waals surface area contributed by atoms with Crippen molar-refractivity contribution in [1.29, 1.82) is 0 Å². The molecule has 0 unspecified atom stereocenters. The zero-order valence-corrected chi connectivity index (χ0v) is 17.1. The highest BCUT2D eigenvalue weighted by Gasteiger charge is 2.28. The molecule has 150 valence electrons. The van der Waals surface area contributed by atoms with Gasteiger partial charge in [-0.3, -0.25) is 14.5 Å². The monoisotopic (exact) mass is 403 g/mol. The number of rotatable bonds is 9. The average Bonchev–Trinajstić information content (AvgIpc) is 2.68. The highest BCUT2D eigenvalue weighted by atomic mass is 35.5. The summed E-state index contributed by atoms with van der Waals surface area (Å²) >= 11 is 6.16. The van der Waals surface area contributed by atoms with Crippen LogP contribution in [0.4, 0.5) is 5.69 Å². The van der Waals surface area contributed by atoms with Crippen LogP contribution in [0.2, 0.25) is 5.02 Å². The number of benzene rings is 2. The maximum atomic E-state index is 13.2. The number of methoxy groups -OCH3 is 1. The molecule has 2 aromatic carbocycles. The molecule has 0 saturated heterocycles. The second kappa shape index (κ2) is 10.7. The lowest BCUT2D eigenvalue weighted by Gasteiger charge is -2.29. The van der Waals surface area contributed by atoms with E-state index < -0.39 is 6.04 Å². The SMILES string of the molecule is CCNC(=O)CN(CC)[C@H](C(=O)Nc1ccc(OC)c(Cl)c1)c1ccccc1. The molecular formula is C21H26ClN3O3. The number of halogens is 1. The normalized spacial score (nSPS) is 11.8. The van der Waals surface area contributed by atoms with Gasteiger partial charge in [0.2, 0.25) is 11.8 Å². The molecule has 0 aromatic heterocycles. The molecule has 0 fully saturated rings. The maximum absolute atomic E-state index is 13.2. The molecule has 2 rings (SSSR count). The second-order valence-corrected chi connectivity index (χ2v) is 6.58. The fourth-order valence-corrected chi connectivity index (χ4v) is 3.20. The fraction of sp³-hybridized carbons (Fsp3) is 0.333. The molecular weight excluding hydrogens is 378 g/mol. The number of hydrogen-bond donors (Lipinski definition) is 2. The summed E-state index contributed by atoms with van der Waals surface area (Å²) in [5.74, 6) is 0.176. The lowest BCUT2D eigenvalue weighted by molar-refractivity contribution is -0.126. The quantitative estimate of drug-likeness (QED) is 0.672. The van der Waals surface area contributed by atoms with E-state index >= 15 is 0 Å². The Morgan fingerprint density at radius 2 is 1.86 bits per heavy atom. The van der Waals surface area contributed by atoms with Crippen LogP contribution in [0.3, 0.4) is 0 Å². The Morgan fingerprint density at radius 3 is 2.43 bits per heavy atom. The molecule has 2 N–H and O–H groups in total. The van der Waals surface area contributed by atoms with Gasteiger partial charge in [-0.1, -0.05) is 48.9 Å². The number of carbonyl (C=O) groups excluding carboxylic acids is 2. The van der Waals surface area contributed by atoms with Gasteiger partial charge in [-0.15, -0.1) is 0 Å². The second-order valence-electron chi connectivity index (χ2n) is 6.17. The van der Waals surface area contributed by atoms with Gasteiger partial charge in [0, 0.05) is 12.2 Å². The summed E-state index contributed by atoms with van der Waals surface area (Å²) < 4.78 is 5.15. The first-order valence-corrected chi connectivity index (χ1v) is 9.58. The smallest absolute Gasteiger partial charge is 0.246 e. The van der Waals surface area contributed by atoms with Crippen LogP contribution in [0.5, 0.6) is 5.75 Å². The Balaban J connectivity index is 2.28. The van der Waals surface area contributed by atoms with Crippen molar-refractivity contribution in [3.63, 3.8) is 0 Å². The molecule has 0 heterocycles. The van der Waals surface area contributed by atoms with Crippen molar-refractivity contribution < 1.29 is 14.3 Å². The van der Waals surface area contributed by atoms with Crippen molar-refractivity contribution in [1.82, 2.24) is 10.2 Å². The molecule has 0 bridgehead atoms. The van der Waals surface area contributed by atoms with Gasteiger partial charge in [-0.2, -0.15) is 0 Å². The van der Waals surface area contributed by atoms with Crippen LogP contribution in [-0.2, 0) is 9.59 Å². The standard InChI is InChI=1S/C21H26ClN3O3/c1-4-23-19(26)14-25(5-2)20(15-9-7-6-8-10-15)21(27)24-16-11-12-18(28-3)17(22)13-16/h6-13,20H,4-5,14H2,1-3H3,(H,23,26)(H,24,27)/t20-/m0/s1. The van der Waals surface area contributed by atoms with Crippen molar-refractivity contribution in [3.8, 4) is 5.75 Å². The van der Waals surface area contributed by atoms with Crippen molar-refractivity contribution in [3.05, 3.63) is 59.1 Å². The van der Waals surface area contributed by atoms with Crippen LogP contribution >= 0.6 is 11.6 Å². The zero-order chi connectivity index (χ0) is 20.5. The van der Waals surface area contributed by atoms with Crippen LogP contribution in [0, 0.1) is 0 Å². The minimum Gasteiger partial charge on any atom is -0.495 e. The Kier molecular flexibility index (Phi) is 8.29. The summed E-state index contributed by atoms with van der Waals surface area (Å²) in [7, 11) is 1.53. The zero-order valence-electron chi connectivity index (χ0n) is 16.4. The fourth-order valence-electron chi connectivity index (χ4n) is 2.94. The van der Waals surface area contributed by atoms with Crippen LogP contribution < -0.4 is 15.4 Å². The Hall–Kier alpha value is -2.57. The Morgan fingerprint density at radius 1 is 1.14 bits per heavy atom. The lowest BCUT2D eigenvalue weighted by Crippen LogP contribution is -2.43. The number of hydrogen-bond acceptors (Lipinski definition) is 4. The van der Waals surface area contributed by atoms with E-state index in [0.29, 0.717) is 29.5 Å². The summed E-state index contributed by atoms with van der Waals surface area (Å²) in [5.41, 5.74) is 1.37. The number of nitrogens with zero attached hydrogens (tertiary/aromatic N) is 1. The number of ether oxygens (including phenoxy) is 1. The molecule has 0 aliphatic heterocycles. The van der Waals surface area contributed by atoms with Crippen molar-refractivity contribution >= 4 is 29.1 Å².